The van der Waals surface area contributed by atoms with Crippen LogP contribution in [-0.2, 0) is 4.79 Å². The minimum absolute atomic E-state index is 0.0257. The summed E-state index contributed by atoms with van der Waals surface area (Å²) in [5.74, 6) is -0.0257. The summed E-state index contributed by atoms with van der Waals surface area (Å²) in [6.45, 7) is 7.51. The van der Waals surface area contributed by atoms with Crippen LogP contribution in [-0.4, -0.2) is 42.5 Å². The summed E-state index contributed by atoms with van der Waals surface area (Å²) in [6, 6.07) is 7.25. The van der Waals surface area contributed by atoms with Crippen molar-refractivity contribution in [1.82, 2.24) is 10.2 Å². The van der Waals surface area contributed by atoms with E-state index in [0.717, 1.165) is 17.7 Å². The number of hydrogen-bond donors (Lipinski definition) is 1. The molecule has 21 heavy (non-hydrogen) atoms. The molecule has 1 aromatic rings. The normalized spacial score (nSPS) is 18.8. The fourth-order valence-electron chi connectivity index (χ4n) is 2.59. The smallest absolute Gasteiger partial charge is 0.318 e. The molecule has 0 aromatic heterocycles. The molecule has 1 aliphatic heterocycles. The average Bonchev–Trinajstić information content (AvgIpc) is 2.48. The van der Waals surface area contributed by atoms with Gasteiger partial charge in [0.2, 0.25) is 5.91 Å². The first kappa shape index (κ1) is 15.4. The number of urea groups is 1. The first-order chi connectivity index (χ1) is 10.1. The number of carbonyl (C=O) groups is 2. The van der Waals surface area contributed by atoms with E-state index in [9.17, 15) is 9.59 Å². The number of rotatable bonds is 3. The van der Waals surface area contributed by atoms with Crippen LogP contribution in [0.5, 0.6) is 0 Å². The zero-order valence-corrected chi connectivity index (χ0v) is 12.9. The minimum atomic E-state index is -0.435. The van der Waals surface area contributed by atoms with Crippen LogP contribution < -0.4 is 10.2 Å². The van der Waals surface area contributed by atoms with Crippen molar-refractivity contribution < 1.29 is 9.59 Å². The molecule has 1 fully saturated rings. The summed E-state index contributed by atoms with van der Waals surface area (Å²) in [5.41, 5.74) is 2.00. The van der Waals surface area contributed by atoms with Gasteiger partial charge in [-0.2, -0.15) is 0 Å². The van der Waals surface area contributed by atoms with E-state index < -0.39 is 6.04 Å². The Morgan fingerprint density at radius 3 is 2.71 bits per heavy atom. The molecule has 5 nitrogen and oxygen atoms in total. The molecule has 0 bridgehead atoms. The van der Waals surface area contributed by atoms with Crippen molar-refractivity contribution in [3.8, 4) is 0 Å². The number of piperazine rings is 1. The second kappa shape index (κ2) is 6.61. The van der Waals surface area contributed by atoms with Crippen molar-refractivity contribution in [3.63, 3.8) is 0 Å². The van der Waals surface area contributed by atoms with E-state index in [1.165, 1.54) is 0 Å². The monoisotopic (exact) mass is 289 g/mol. The van der Waals surface area contributed by atoms with Gasteiger partial charge in [0.15, 0.2) is 0 Å². The van der Waals surface area contributed by atoms with Gasteiger partial charge in [0, 0.05) is 25.3 Å². The summed E-state index contributed by atoms with van der Waals surface area (Å²) >= 11 is 0. The molecule has 0 spiro atoms. The Hall–Kier alpha value is -2.04. The van der Waals surface area contributed by atoms with Gasteiger partial charge in [-0.25, -0.2) is 4.79 Å². The highest BCUT2D eigenvalue weighted by Crippen LogP contribution is 2.23. The molecule has 0 radical (unpaired) electrons. The van der Waals surface area contributed by atoms with Crippen molar-refractivity contribution in [2.24, 2.45) is 0 Å². The topological polar surface area (TPSA) is 52.7 Å². The third-order valence-electron chi connectivity index (χ3n) is 3.85. The van der Waals surface area contributed by atoms with Crippen LogP contribution in [0.4, 0.5) is 10.5 Å². The third-order valence-corrected chi connectivity index (χ3v) is 3.85. The van der Waals surface area contributed by atoms with Gasteiger partial charge in [-0.3, -0.25) is 4.79 Å². The number of anilines is 1. The first-order valence-corrected chi connectivity index (χ1v) is 7.47. The molecule has 5 heteroatoms. The van der Waals surface area contributed by atoms with Crippen molar-refractivity contribution in [2.75, 3.05) is 24.5 Å². The molecule has 1 aromatic carbocycles. The van der Waals surface area contributed by atoms with Crippen molar-refractivity contribution in [1.29, 1.82) is 0 Å². The highest BCUT2D eigenvalue weighted by molar-refractivity contribution is 6.00. The Balaban J connectivity index is 2.11. The van der Waals surface area contributed by atoms with Gasteiger partial charge >= 0.3 is 6.03 Å². The summed E-state index contributed by atoms with van der Waals surface area (Å²) in [6.07, 6.45) is 0.886. The number of benzene rings is 1. The van der Waals surface area contributed by atoms with Crippen molar-refractivity contribution >= 4 is 17.6 Å². The number of hydrogen-bond acceptors (Lipinski definition) is 2. The largest absolute Gasteiger partial charge is 0.338 e. The fourth-order valence-corrected chi connectivity index (χ4v) is 2.59. The number of para-hydroxylation sites is 1. The Bertz CT molecular complexity index is 530. The number of nitrogens with one attached hydrogen (secondary N) is 1. The van der Waals surface area contributed by atoms with Crippen LogP contribution in [0.15, 0.2) is 24.3 Å². The summed E-state index contributed by atoms with van der Waals surface area (Å²) in [5, 5.41) is 2.84. The second-order valence-electron chi connectivity index (χ2n) is 5.38. The van der Waals surface area contributed by atoms with Gasteiger partial charge < -0.3 is 15.1 Å². The Morgan fingerprint density at radius 1 is 1.33 bits per heavy atom. The SMILES string of the molecule is CCCNC(=O)N1CCN(c2ccccc2C)C(=O)[C@H]1C. The average molecular weight is 289 g/mol. The number of aryl methyl sites for hydroxylation is 1. The number of carbonyl (C=O) groups excluding carboxylic acids is 2. The van der Waals surface area contributed by atoms with E-state index in [2.05, 4.69) is 5.32 Å². The first-order valence-electron chi connectivity index (χ1n) is 7.47. The Morgan fingerprint density at radius 2 is 2.05 bits per heavy atom. The molecule has 1 N–H and O–H groups in total. The molecule has 2 rings (SSSR count). The van der Waals surface area contributed by atoms with Crippen LogP contribution in [0.1, 0.15) is 25.8 Å². The predicted octanol–water partition coefficient (Wildman–Crippen LogP) is 2.15. The molecule has 3 amide bonds. The molecule has 1 heterocycles. The molecule has 0 unspecified atom stereocenters. The zero-order chi connectivity index (χ0) is 15.4. The third kappa shape index (κ3) is 3.17. The number of nitrogens with zero attached hydrogens (tertiary/aromatic N) is 2. The quantitative estimate of drug-likeness (QED) is 0.927. The summed E-state index contributed by atoms with van der Waals surface area (Å²) in [4.78, 5) is 28.0. The van der Waals surface area contributed by atoms with Crippen LogP contribution in [0.3, 0.4) is 0 Å². The van der Waals surface area contributed by atoms with Gasteiger partial charge in [0.1, 0.15) is 6.04 Å². The summed E-state index contributed by atoms with van der Waals surface area (Å²) in [7, 11) is 0. The molecule has 0 aliphatic carbocycles. The van der Waals surface area contributed by atoms with Gasteiger partial charge in [-0.15, -0.1) is 0 Å². The Labute approximate surface area is 125 Å². The van der Waals surface area contributed by atoms with E-state index in [0.29, 0.717) is 19.6 Å². The minimum Gasteiger partial charge on any atom is -0.338 e. The van der Waals surface area contributed by atoms with E-state index in [1.54, 1.807) is 16.7 Å². The lowest BCUT2D eigenvalue weighted by Gasteiger charge is -2.39. The lowest BCUT2D eigenvalue weighted by atomic mass is 10.1. The van der Waals surface area contributed by atoms with Crippen molar-refractivity contribution in [3.05, 3.63) is 29.8 Å². The van der Waals surface area contributed by atoms with Gasteiger partial charge in [0.05, 0.1) is 0 Å². The summed E-state index contributed by atoms with van der Waals surface area (Å²) < 4.78 is 0. The van der Waals surface area contributed by atoms with Crippen LogP contribution in [0.25, 0.3) is 0 Å². The molecular weight excluding hydrogens is 266 g/mol. The van der Waals surface area contributed by atoms with E-state index in [4.69, 9.17) is 0 Å². The maximum absolute atomic E-state index is 12.6. The molecule has 1 saturated heterocycles. The predicted molar refractivity (Wildman–Crippen MR) is 83.4 cm³/mol. The molecule has 1 atom stereocenters. The lowest BCUT2D eigenvalue weighted by Crippen LogP contribution is -2.60. The van der Waals surface area contributed by atoms with Crippen LogP contribution >= 0.6 is 0 Å². The molecular formula is C16H23N3O2. The molecule has 114 valence electrons. The second-order valence-corrected chi connectivity index (χ2v) is 5.38. The van der Waals surface area contributed by atoms with E-state index in [1.807, 2.05) is 38.1 Å². The standard InChI is InChI=1S/C16H23N3O2/c1-4-9-17-16(21)18-10-11-19(15(20)13(18)3)14-8-6-5-7-12(14)2/h5-8,13H,4,9-11H2,1-3H3,(H,17,21)/t13-/m1/s1. The lowest BCUT2D eigenvalue weighted by molar-refractivity contribution is -0.124. The Kier molecular flexibility index (Phi) is 4.83. The molecule has 0 saturated carbocycles. The van der Waals surface area contributed by atoms with Gasteiger partial charge in [-0.05, 0) is 31.9 Å². The van der Waals surface area contributed by atoms with Gasteiger partial charge in [0.25, 0.3) is 0 Å². The fraction of sp³-hybridized carbons (Fsp3) is 0.500. The highest BCUT2D eigenvalue weighted by atomic mass is 16.2. The van der Waals surface area contributed by atoms with Gasteiger partial charge in [-0.1, -0.05) is 25.1 Å². The van der Waals surface area contributed by atoms with Crippen LogP contribution in [0.2, 0.25) is 0 Å². The maximum Gasteiger partial charge on any atom is 0.318 e. The van der Waals surface area contributed by atoms with E-state index in [-0.39, 0.29) is 11.9 Å². The van der Waals surface area contributed by atoms with Crippen molar-refractivity contribution in [2.45, 2.75) is 33.2 Å². The molecule has 1 aliphatic rings. The van der Waals surface area contributed by atoms with E-state index >= 15 is 0 Å². The van der Waals surface area contributed by atoms with Crippen LogP contribution in [0, 0.1) is 6.92 Å². The zero-order valence-electron chi connectivity index (χ0n) is 12.9. The number of amides is 3. The highest BCUT2D eigenvalue weighted by Gasteiger charge is 2.35. The maximum atomic E-state index is 12.6.